The minimum Gasteiger partial charge on any atom is -0.497 e. The zero-order chi connectivity index (χ0) is 22.5. The molecule has 0 spiro atoms. The molecule has 1 heterocycles. The molecule has 1 aliphatic heterocycles. The van der Waals surface area contributed by atoms with Crippen molar-refractivity contribution in [2.45, 2.75) is 63.6 Å². The average molecular weight is 435 g/mol. The largest absolute Gasteiger partial charge is 0.497 e. The Morgan fingerprint density at radius 3 is 2.78 bits per heavy atom. The van der Waals surface area contributed by atoms with Crippen molar-refractivity contribution < 1.29 is 19.4 Å². The van der Waals surface area contributed by atoms with Gasteiger partial charge in [0.15, 0.2) is 0 Å². The molecular weight excluding hydrogens is 400 g/mol. The van der Waals surface area contributed by atoms with Crippen LogP contribution in [0.4, 0.5) is 0 Å². The van der Waals surface area contributed by atoms with Crippen LogP contribution in [0.15, 0.2) is 59.7 Å². The Hall–Kier alpha value is -2.17. The molecule has 1 saturated heterocycles. The fourth-order valence-electron chi connectivity index (χ4n) is 6.92. The number of rotatable bonds is 4. The molecule has 5 rings (SSSR count). The number of benzene rings is 1. The Morgan fingerprint density at radius 2 is 2.06 bits per heavy atom. The van der Waals surface area contributed by atoms with Crippen LogP contribution in [0, 0.1) is 17.3 Å². The second-order valence-electron chi connectivity index (χ2n) is 10.3. The number of Topliss-reactive ketones (excluding diaryl/α,β-unsaturated/α-hetero) is 1. The Morgan fingerprint density at radius 1 is 1.28 bits per heavy atom. The molecular formula is C28H34O4. The number of fused-ring (bicyclic) bond motifs is 4. The normalized spacial score (nSPS) is 36.5. The standard InChI is InChI=1S/C28H34O4/c1-4-14-28(30)15-13-24-23-11-7-19-16-20(29)8-12-22(19)25(23)26(32-17-27(24,28)2)18-5-9-21(31-3)10-6-18/h4-7,9-10,23-24,26,30H,1,8,11-17H2,2-3H3/t23?,24?,26?,27-,28-/m0/s1. The van der Waals surface area contributed by atoms with Gasteiger partial charge >= 0.3 is 0 Å². The van der Waals surface area contributed by atoms with Crippen molar-refractivity contribution >= 4 is 5.78 Å². The third-order valence-electron chi connectivity index (χ3n) is 8.76. The molecule has 4 heteroatoms. The fourth-order valence-corrected chi connectivity index (χ4v) is 6.92. The molecule has 2 saturated carbocycles. The average Bonchev–Trinajstić information content (AvgIpc) is 2.96. The number of aliphatic hydroxyl groups is 1. The number of carbonyl (C=O) groups is 1. The molecule has 4 aliphatic rings. The summed E-state index contributed by atoms with van der Waals surface area (Å²) in [6.45, 7) is 6.65. The lowest BCUT2D eigenvalue weighted by Crippen LogP contribution is -2.48. The van der Waals surface area contributed by atoms with Gasteiger partial charge in [-0.25, -0.2) is 0 Å². The van der Waals surface area contributed by atoms with Crippen molar-refractivity contribution in [2.75, 3.05) is 13.7 Å². The molecule has 3 aliphatic carbocycles. The Bertz CT molecular complexity index is 987. The van der Waals surface area contributed by atoms with Crippen LogP contribution in [-0.2, 0) is 9.53 Å². The molecule has 0 aromatic heterocycles. The Balaban J connectivity index is 1.63. The maximum atomic E-state index is 12.2. The molecule has 0 bridgehead atoms. The molecule has 32 heavy (non-hydrogen) atoms. The van der Waals surface area contributed by atoms with Gasteiger partial charge in [0.05, 0.1) is 19.3 Å². The number of ketones is 1. The predicted octanol–water partition coefficient (Wildman–Crippen LogP) is 5.49. The summed E-state index contributed by atoms with van der Waals surface area (Å²) in [7, 11) is 1.68. The lowest BCUT2D eigenvalue weighted by atomic mass is 9.62. The summed E-state index contributed by atoms with van der Waals surface area (Å²) < 4.78 is 12.1. The summed E-state index contributed by atoms with van der Waals surface area (Å²) in [6, 6.07) is 8.17. The highest BCUT2D eigenvalue weighted by atomic mass is 16.5. The van der Waals surface area contributed by atoms with Gasteiger partial charge in [0.1, 0.15) is 17.6 Å². The zero-order valence-electron chi connectivity index (χ0n) is 19.2. The van der Waals surface area contributed by atoms with Crippen molar-refractivity contribution in [2.24, 2.45) is 17.3 Å². The van der Waals surface area contributed by atoms with Crippen LogP contribution in [-0.4, -0.2) is 30.2 Å². The van der Waals surface area contributed by atoms with Gasteiger partial charge in [0.25, 0.3) is 0 Å². The van der Waals surface area contributed by atoms with Crippen molar-refractivity contribution in [1.82, 2.24) is 0 Å². The van der Waals surface area contributed by atoms with Crippen LogP contribution in [0.5, 0.6) is 5.75 Å². The van der Waals surface area contributed by atoms with Gasteiger partial charge in [-0.1, -0.05) is 31.2 Å². The molecule has 3 fully saturated rings. The van der Waals surface area contributed by atoms with Gasteiger partial charge in [-0.3, -0.25) is 4.79 Å². The van der Waals surface area contributed by atoms with E-state index < -0.39 is 5.60 Å². The number of methoxy groups -OCH3 is 1. The second kappa shape index (κ2) is 8.00. The van der Waals surface area contributed by atoms with Crippen LogP contribution in [0.25, 0.3) is 0 Å². The van der Waals surface area contributed by atoms with Crippen LogP contribution in [0.2, 0.25) is 0 Å². The highest BCUT2D eigenvalue weighted by Gasteiger charge is 2.60. The summed E-state index contributed by atoms with van der Waals surface area (Å²) >= 11 is 0. The van der Waals surface area contributed by atoms with E-state index in [1.54, 1.807) is 7.11 Å². The molecule has 1 N–H and O–H groups in total. The number of ether oxygens (including phenoxy) is 2. The first-order valence-electron chi connectivity index (χ1n) is 11.9. The van der Waals surface area contributed by atoms with Gasteiger partial charge < -0.3 is 14.6 Å². The molecule has 0 radical (unpaired) electrons. The monoisotopic (exact) mass is 434 g/mol. The summed E-state index contributed by atoms with van der Waals surface area (Å²) in [5, 5.41) is 11.7. The fraction of sp³-hybridized carbons (Fsp3) is 0.536. The Kier molecular flexibility index (Phi) is 5.42. The first kappa shape index (κ1) is 21.7. The summed E-state index contributed by atoms with van der Waals surface area (Å²) in [5.41, 5.74) is 3.89. The first-order chi connectivity index (χ1) is 15.4. The van der Waals surface area contributed by atoms with Gasteiger partial charge in [0, 0.05) is 18.3 Å². The molecule has 170 valence electrons. The third-order valence-corrected chi connectivity index (χ3v) is 8.76. The second-order valence-corrected chi connectivity index (χ2v) is 10.3. The van der Waals surface area contributed by atoms with Crippen LogP contribution >= 0.6 is 0 Å². The SMILES string of the molecule is C=CC[C@]1(O)CCC2C3CC=C4CC(=O)CCC4=C3C(c3ccc(OC)cc3)OC[C@@]21C. The molecule has 5 atom stereocenters. The minimum atomic E-state index is -0.795. The first-order valence-corrected chi connectivity index (χ1v) is 11.9. The summed E-state index contributed by atoms with van der Waals surface area (Å²) in [5.74, 6) is 1.82. The van der Waals surface area contributed by atoms with E-state index in [4.69, 9.17) is 9.47 Å². The molecule has 1 aromatic carbocycles. The van der Waals surface area contributed by atoms with Gasteiger partial charge in [-0.15, -0.1) is 6.58 Å². The van der Waals surface area contributed by atoms with Gasteiger partial charge in [-0.2, -0.15) is 0 Å². The van der Waals surface area contributed by atoms with Crippen molar-refractivity contribution in [1.29, 1.82) is 0 Å². The minimum absolute atomic E-state index is 0.159. The topological polar surface area (TPSA) is 55.8 Å². The molecule has 4 nitrogen and oxygen atoms in total. The van der Waals surface area contributed by atoms with E-state index in [1.807, 2.05) is 18.2 Å². The maximum Gasteiger partial charge on any atom is 0.137 e. The smallest absolute Gasteiger partial charge is 0.137 e. The van der Waals surface area contributed by atoms with Crippen LogP contribution in [0.3, 0.4) is 0 Å². The van der Waals surface area contributed by atoms with Crippen LogP contribution < -0.4 is 4.74 Å². The number of hydrogen-bond acceptors (Lipinski definition) is 4. The van der Waals surface area contributed by atoms with E-state index in [-0.39, 0.29) is 11.5 Å². The third kappa shape index (κ3) is 3.22. The van der Waals surface area contributed by atoms with Crippen molar-refractivity contribution in [3.63, 3.8) is 0 Å². The highest BCUT2D eigenvalue weighted by Crippen LogP contribution is 2.62. The summed E-state index contributed by atoms with van der Waals surface area (Å²) in [4.78, 5) is 12.2. The lowest BCUT2D eigenvalue weighted by molar-refractivity contribution is -0.118. The predicted molar refractivity (Wildman–Crippen MR) is 124 cm³/mol. The number of hydrogen-bond donors (Lipinski definition) is 1. The van der Waals surface area contributed by atoms with E-state index in [2.05, 4.69) is 31.7 Å². The van der Waals surface area contributed by atoms with E-state index in [0.29, 0.717) is 43.5 Å². The Labute approximate surface area is 191 Å². The van der Waals surface area contributed by atoms with Crippen molar-refractivity contribution in [3.05, 3.63) is 65.3 Å². The quantitative estimate of drug-likeness (QED) is 0.637. The van der Waals surface area contributed by atoms with E-state index in [9.17, 15) is 9.90 Å². The van der Waals surface area contributed by atoms with E-state index >= 15 is 0 Å². The van der Waals surface area contributed by atoms with Gasteiger partial charge in [0.2, 0.25) is 0 Å². The molecule has 1 aromatic rings. The van der Waals surface area contributed by atoms with Gasteiger partial charge in [-0.05, 0) is 78.4 Å². The highest BCUT2D eigenvalue weighted by molar-refractivity contribution is 5.84. The lowest BCUT2D eigenvalue weighted by Gasteiger charge is -2.44. The molecule has 3 unspecified atom stereocenters. The number of allylic oxidation sites excluding steroid dienone is 3. The van der Waals surface area contributed by atoms with Crippen LogP contribution in [0.1, 0.15) is 63.5 Å². The molecule has 0 amide bonds. The van der Waals surface area contributed by atoms with E-state index in [0.717, 1.165) is 37.0 Å². The van der Waals surface area contributed by atoms with Crippen molar-refractivity contribution in [3.8, 4) is 5.75 Å². The maximum absolute atomic E-state index is 12.2. The number of carbonyl (C=O) groups excluding carboxylic acids is 1. The summed E-state index contributed by atoms with van der Waals surface area (Å²) in [6.07, 6.45) is 9.23. The van der Waals surface area contributed by atoms with E-state index in [1.165, 1.54) is 16.7 Å². The zero-order valence-corrected chi connectivity index (χ0v) is 19.2.